The van der Waals surface area contributed by atoms with E-state index in [4.69, 9.17) is 9.47 Å². The van der Waals surface area contributed by atoms with Crippen molar-refractivity contribution in [3.63, 3.8) is 0 Å². The van der Waals surface area contributed by atoms with Gasteiger partial charge in [0, 0.05) is 74.5 Å². The fourth-order valence-electron chi connectivity index (χ4n) is 7.48. The SMILES string of the molecule is CCN(c1cc(/C=C/c2cccc(CN3CCOCC3)c2)cc(C(=O)NCc2c(C)c3c([nH]c2=O)CCCC3)c1C)C1CCOCC1. The van der Waals surface area contributed by atoms with E-state index in [1.165, 1.54) is 11.1 Å². The minimum Gasteiger partial charge on any atom is -0.381 e. The standard InChI is InChI=1S/C39H50N4O4/c1-4-43(32-14-18-46-19-15-32)37-24-30(13-12-29-8-7-9-31(22-29)26-42-16-20-47-21-17-42)23-34(28(37)3)38(44)40-25-35-27(2)33-10-5-6-11-36(33)41-39(35)45/h7-9,12-13,22-24,32H,4-6,10-11,14-21,25-26H2,1-3H3,(H,40,44)(H,41,45)/b13-12+. The maximum Gasteiger partial charge on any atom is 0.253 e. The summed E-state index contributed by atoms with van der Waals surface area (Å²) in [7, 11) is 0. The second kappa shape index (κ2) is 15.5. The molecule has 1 amide bonds. The number of hydrogen-bond acceptors (Lipinski definition) is 6. The highest BCUT2D eigenvalue weighted by Crippen LogP contribution is 2.31. The van der Waals surface area contributed by atoms with Gasteiger partial charge in [0.05, 0.1) is 13.2 Å². The van der Waals surface area contributed by atoms with Crippen LogP contribution in [0.2, 0.25) is 0 Å². The normalized spacial score (nSPS) is 17.5. The van der Waals surface area contributed by atoms with Gasteiger partial charge in [-0.15, -0.1) is 0 Å². The van der Waals surface area contributed by atoms with Crippen LogP contribution in [0.5, 0.6) is 0 Å². The smallest absolute Gasteiger partial charge is 0.253 e. The summed E-state index contributed by atoms with van der Waals surface area (Å²) in [6.45, 7) is 13.2. The Hall–Kier alpha value is -3.72. The molecule has 0 radical (unpaired) electrons. The van der Waals surface area contributed by atoms with E-state index in [1.807, 2.05) is 19.9 Å². The Kier molecular flexibility index (Phi) is 10.9. The quantitative estimate of drug-likeness (QED) is 0.273. The highest BCUT2D eigenvalue weighted by atomic mass is 16.5. The van der Waals surface area contributed by atoms with Crippen molar-refractivity contribution >= 4 is 23.7 Å². The number of nitrogens with one attached hydrogen (secondary N) is 2. The average Bonchev–Trinajstić information content (AvgIpc) is 3.09. The van der Waals surface area contributed by atoms with Gasteiger partial charge >= 0.3 is 0 Å². The van der Waals surface area contributed by atoms with Crippen molar-refractivity contribution in [2.24, 2.45) is 0 Å². The van der Waals surface area contributed by atoms with E-state index in [9.17, 15) is 9.59 Å². The van der Waals surface area contributed by atoms with E-state index in [0.717, 1.165) is 125 Å². The number of aromatic amines is 1. The van der Waals surface area contributed by atoms with E-state index in [0.29, 0.717) is 17.2 Å². The number of nitrogens with zero attached hydrogens (tertiary/aromatic N) is 2. The fraction of sp³-hybridized carbons (Fsp3) is 0.487. The van der Waals surface area contributed by atoms with Gasteiger partial charge in [-0.05, 0) is 105 Å². The van der Waals surface area contributed by atoms with E-state index in [1.54, 1.807) is 0 Å². The molecule has 0 saturated carbocycles. The Balaban J connectivity index is 1.28. The molecule has 8 nitrogen and oxygen atoms in total. The maximum absolute atomic E-state index is 14.0. The number of amides is 1. The first-order valence-corrected chi connectivity index (χ1v) is 17.5. The third-order valence-electron chi connectivity index (χ3n) is 10.2. The van der Waals surface area contributed by atoms with Gasteiger partial charge in [0.1, 0.15) is 0 Å². The average molecular weight is 639 g/mol. The van der Waals surface area contributed by atoms with Crippen molar-refractivity contribution in [1.29, 1.82) is 0 Å². The third kappa shape index (κ3) is 7.88. The lowest BCUT2D eigenvalue weighted by molar-refractivity contribution is 0.0342. The molecule has 1 aromatic heterocycles. The van der Waals surface area contributed by atoms with E-state index in [2.05, 4.69) is 69.5 Å². The van der Waals surface area contributed by atoms with Gasteiger partial charge in [-0.25, -0.2) is 0 Å². The van der Waals surface area contributed by atoms with Crippen LogP contribution >= 0.6 is 0 Å². The first kappa shape index (κ1) is 33.2. The molecular formula is C39H50N4O4. The number of rotatable bonds is 10. The lowest BCUT2D eigenvalue weighted by Crippen LogP contribution is -2.40. The minimum absolute atomic E-state index is 0.0925. The Morgan fingerprint density at radius 2 is 1.72 bits per heavy atom. The van der Waals surface area contributed by atoms with Crippen molar-refractivity contribution in [1.82, 2.24) is 15.2 Å². The van der Waals surface area contributed by atoms with Gasteiger partial charge in [0.25, 0.3) is 11.5 Å². The van der Waals surface area contributed by atoms with E-state index >= 15 is 0 Å². The van der Waals surface area contributed by atoms with Crippen LogP contribution in [-0.2, 0) is 35.4 Å². The second-order valence-corrected chi connectivity index (χ2v) is 13.2. The van der Waals surface area contributed by atoms with E-state index < -0.39 is 0 Å². The van der Waals surface area contributed by atoms with Crippen LogP contribution in [0.15, 0.2) is 41.2 Å². The number of pyridine rings is 1. The molecule has 3 heterocycles. The van der Waals surface area contributed by atoms with Crippen molar-refractivity contribution in [3.8, 4) is 0 Å². The lowest BCUT2D eigenvalue weighted by atomic mass is 9.90. The van der Waals surface area contributed by atoms with Gasteiger partial charge in [0.15, 0.2) is 0 Å². The third-order valence-corrected chi connectivity index (χ3v) is 10.2. The maximum atomic E-state index is 14.0. The summed E-state index contributed by atoms with van der Waals surface area (Å²) in [5.41, 5.74) is 9.95. The first-order chi connectivity index (χ1) is 22.9. The fourth-order valence-corrected chi connectivity index (χ4v) is 7.48. The van der Waals surface area contributed by atoms with Crippen LogP contribution in [-0.4, -0.2) is 67.9 Å². The zero-order valence-electron chi connectivity index (χ0n) is 28.3. The van der Waals surface area contributed by atoms with Crippen LogP contribution in [0.1, 0.15) is 87.6 Å². The summed E-state index contributed by atoms with van der Waals surface area (Å²) >= 11 is 0. The van der Waals surface area contributed by atoms with Crippen molar-refractivity contribution in [2.75, 3.05) is 51.0 Å². The van der Waals surface area contributed by atoms with Crippen LogP contribution in [0.25, 0.3) is 12.2 Å². The molecule has 3 aromatic rings. The minimum atomic E-state index is -0.161. The van der Waals surface area contributed by atoms with Crippen LogP contribution < -0.4 is 15.8 Å². The first-order valence-electron chi connectivity index (χ1n) is 17.5. The Morgan fingerprint density at radius 3 is 2.51 bits per heavy atom. The Labute approximate surface area is 279 Å². The zero-order chi connectivity index (χ0) is 32.8. The largest absolute Gasteiger partial charge is 0.381 e. The molecule has 8 heteroatoms. The molecule has 3 aliphatic rings. The molecule has 1 aliphatic carbocycles. The summed E-state index contributed by atoms with van der Waals surface area (Å²) in [5.74, 6) is -0.161. The van der Waals surface area contributed by atoms with Gasteiger partial charge in [-0.1, -0.05) is 36.4 Å². The molecule has 0 unspecified atom stereocenters. The van der Waals surface area contributed by atoms with Crippen molar-refractivity contribution < 1.29 is 14.3 Å². The number of H-pyrrole nitrogens is 1. The molecule has 2 fully saturated rings. The number of hydrogen-bond donors (Lipinski definition) is 2. The highest BCUT2D eigenvalue weighted by Gasteiger charge is 2.25. The second-order valence-electron chi connectivity index (χ2n) is 13.2. The van der Waals surface area contributed by atoms with Crippen LogP contribution in [0, 0.1) is 13.8 Å². The molecule has 2 saturated heterocycles. The van der Waals surface area contributed by atoms with Crippen molar-refractivity contribution in [3.05, 3.63) is 97.0 Å². The predicted octanol–water partition coefficient (Wildman–Crippen LogP) is 5.81. The summed E-state index contributed by atoms with van der Waals surface area (Å²) in [6, 6.07) is 13.2. The highest BCUT2D eigenvalue weighted by molar-refractivity contribution is 5.98. The Bertz CT molecular complexity index is 1650. The lowest BCUT2D eigenvalue weighted by Gasteiger charge is -2.36. The number of fused-ring (bicyclic) bond motifs is 1. The van der Waals surface area contributed by atoms with Gasteiger partial charge < -0.3 is 24.7 Å². The summed E-state index contributed by atoms with van der Waals surface area (Å²) in [6.07, 6.45) is 10.3. The molecule has 6 rings (SSSR count). The number of aryl methyl sites for hydroxylation is 1. The molecule has 2 aromatic carbocycles. The predicted molar refractivity (Wildman–Crippen MR) is 189 cm³/mol. The molecule has 2 aliphatic heterocycles. The van der Waals surface area contributed by atoms with E-state index in [-0.39, 0.29) is 18.0 Å². The van der Waals surface area contributed by atoms with Crippen LogP contribution in [0.3, 0.4) is 0 Å². The Morgan fingerprint density at radius 1 is 0.979 bits per heavy atom. The number of carbonyl (C=O) groups excluding carboxylic acids is 1. The van der Waals surface area contributed by atoms with Gasteiger partial charge in [-0.3, -0.25) is 14.5 Å². The number of ether oxygens (including phenoxy) is 2. The summed E-state index contributed by atoms with van der Waals surface area (Å²) in [5, 5.41) is 3.12. The van der Waals surface area contributed by atoms with Crippen LogP contribution in [0.4, 0.5) is 5.69 Å². The number of aromatic nitrogens is 1. The molecule has 2 N–H and O–H groups in total. The van der Waals surface area contributed by atoms with Gasteiger partial charge in [-0.2, -0.15) is 0 Å². The molecule has 47 heavy (non-hydrogen) atoms. The van der Waals surface area contributed by atoms with Gasteiger partial charge in [0.2, 0.25) is 0 Å². The molecule has 250 valence electrons. The summed E-state index contributed by atoms with van der Waals surface area (Å²) < 4.78 is 11.2. The summed E-state index contributed by atoms with van der Waals surface area (Å²) in [4.78, 5) is 35.0. The molecular weight excluding hydrogens is 588 g/mol. The van der Waals surface area contributed by atoms with Crippen molar-refractivity contribution in [2.45, 2.75) is 78.4 Å². The molecule has 0 atom stereocenters. The molecule has 0 spiro atoms. The zero-order valence-corrected chi connectivity index (χ0v) is 28.3. The number of carbonyl (C=O) groups is 1. The topological polar surface area (TPSA) is 86.9 Å². The number of benzene rings is 2. The monoisotopic (exact) mass is 638 g/mol. The number of morpholine rings is 1. The molecule has 0 bridgehead atoms. The number of anilines is 1.